The van der Waals surface area contributed by atoms with Crippen molar-refractivity contribution in [3.8, 4) is 0 Å². The van der Waals surface area contributed by atoms with E-state index in [-0.39, 0.29) is 17.9 Å². The molecule has 1 N–H and O–H groups in total. The Morgan fingerprint density at radius 1 is 1.25 bits per heavy atom. The number of carbonyl (C=O) groups excluding carboxylic acids is 2. The molecule has 2 aliphatic rings. The van der Waals surface area contributed by atoms with E-state index in [1.165, 1.54) is 12.8 Å². The summed E-state index contributed by atoms with van der Waals surface area (Å²) < 4.78 is 5.68. The Morgan fingerprint density at radius 2 is 1.92 bits per heavy atom. The van der Waals surface area contributed by atoms with Gasteiger partial charge in [-0.25, -0.2) is 4.79 Å². The van der Waals surface area contributed by atoms with Crippen LogP contribution in [0.5, 0.6) is 0 Å². The zero-order valence-corrected chi connectivity index (χ0v) is 15.3. The van der Waals surface area contributed by atoms with Crippen molar-refractivity contribution in [2.75, 3.05) is 26.2 Å². The normalized spacial score (nSPS) is 21.5. The summed E-state index contributed by atoms with van der Waals surface area (Å²) in [5.74, 6) is -0.295. The second-order valence-corrected chi connectivity index (χ2v) is 7.55. The quantitative estimate of drug-likeness (QED) is 0.723. The average molecular weight is 340 g/mol. The average Bonchev–Trinajstić information content (AvgIpc) is 2.86. The van der Waals surface area contributed by atoms with Gasteiger partial charge in [-0.1, -0.05) is 40.0 Å². The highest BCUT2D eigenvalue weighted by molar-refractivity contribution is 5.81. The zero-order chi connectivity index (χ0) is 17.7. The van der Waals surface area contributed by atoms with Crippen molar-refractivity contribution in [1.29, 1.82) is 0 Å². The maximum absolute atomic E-state index is 12.2. The van der Waals surface area contributed by atoms with Crippen molar-refractivity contribution < 1.29 is 19.4 Å². The van der Waals surface area contributed by atoms with Crippen LogP contribution >= 0.6 is 0 Å². The lowest BCUT2D eigenvalue weighted by molar-refractivity contribution is -0.145. The summed E-state index contributed by atoms with van der Waals surface area (Å²) in [6.07, 6.45) is 4.69. The van der Waals surface area contributed by atoms with Crippen molar-refractivity contribution in [1.82, 2.24) is 9.80 Å². The molecule has 1 spiro atoms. The van der Waals surface area contributed by atoms with E-state index in [0.717, 1.165) is 19.4 Å². The second-order valence-electron chi connectivity index (χ2n) is 7.55. The molecule has 6 nitrogen and oxygen atoms in total. The van der Waals surface area contributed by atoms with E-state index in [1.807, 2.05) is 18.7 Å². The fourth-order valence-corrected chi connectivity index (χ4v) is 3.46. The number of unbranched alkanes of at least 4 members (excludes halogenated alkanes) is 3. The van der Waals surface area contributed by atoms with Crippen LogP contribution in [0.1, 0.15) is 59.3 Å². The number of ether oxygens (including phenoxy) is 1. The van der Waals surface area contributed by atoms with Crippen LogP contribution < -0.4 is 0 Å². The molecule has 2 amide bonds. The molecule has 0 aromatic carbocycles. The Balaban J connectivity index is 1.83. The molecule has 0 radical (unpaired) electrons. The van der Waals surface area contributed by atoms with Gasteiger partial charge in [0.25, 0.3) is 5.91 Å². The number of likely N-dealkylation sites (tertiary alicyclic amines) is 1. The number of hydrogen-bond acceptors (Lipinski definition) is 4. The molecule has 138 valence electrons. The molecule has 2 aliphatic heterocycles. The third kappa shape index (κ3) is 4.41. The molecule has 0 aromatic rings. The molecule has 2 fully saturated rings. The molecule has 2 heterocycles. The lowest BCUT2D eigenvalue weighted by atomic mass is 9.90. The van der Waals surface area contributed by atoms with Gasteiger partial charge in [0.2, 0.25) is 0 Å². The van der Waals surface area contributed by atoms with Gasteiger partial charge in [0.1, 0.15) is 11.7 Å². The van der Waals surface area contributed by atoms with Crippen LogP contribution in [-0.4, -0.2) is 64.8 Å². The van der Waals surface area contributed by atoms with Gasteiger partial charge in [-0.3, -0.25) is 4.79 Å². The highest BCUT2D eigenvalue weighted by atomic mass is 16.6. The van der Waals surface area contributed by atoms with Gasteiger partial charge in [0.15, 0.2) is 0 Å². The predicted octanol–water partition coefficient (Wildman–Crippen LogP) is 2.40. The molecular formula is C18H32N2O4. The standard InChI is InChI=1S/C18H32N2O4/c1-4-5-6-7-10-20-13-18(24-17(20)23)8-11-19(12-9-18)16(22)15(21)14(2)3/h14-15,21H,4-13H2,1-3H3/t15-/m1/s1. The number of amides is 2. The van der Waals surface area contributed by atoms with E-state index < -0.39 is 11.7 Å². The van der Waals surface area contributed by atoms with Gasteiger partial charge in [-0.2, -0.15) is 0 Å². The summed E-state index contributed by atoms with van der Waals surface area (Å²) in [6, 6.07) is 0. The van der Waals surface area contributed by atoms with Gasteiger partial charge in [-0.05, 0) is 12.3 Å². The van der Waals surface area contributed by atoms with E-state index in [1.54, 1.807) is 4.90 Å². The number of rotatable bonds is 7. The Morgan fingerprint density at radius 3 is 2.50 bits per heavy atom. The Kier molecular flexibility index (Phi) is 6.49. The maximum Gasteiger partial charge on any atom is 0.410 e. The predicted molar refractivity (Wildman–Crippen MR) is 91.6 cm³/mol. The summed E-state index contributed by atoms with van der Waals surface area (Å²) in [4.78, 5) is 27.9. The summed E-state index contributed by atoms with van der Waals surface area (Å²) in [6.45, 7) is 8.32. The van der Waals surface area contributed by atoms with E-state index >= 15 is 0 Å². The summed E-state index contributed by atoms with van der Waals surface area (Å²) in [7, 11) is 0. The van der Waals surface area contributed by atoms with Crippen LogP contribution in [0, 0.1) is 5.92 Å². The first-order valence-electron chi connectivity index (χ1n) is 9.33. The minimum atomic E-state index is -0.944. The fourth-order valence-electron chi connectivity index (χ4n) is 3.46. The monoisotopic (exact) mass is 340 g/mol. The number of nitrogens with zero attached hydrogens (tertiary/aromatic N) is 2. The van der Waals surface area contributed by atoms with E-state index in [2.05, 4.69) is 6.92 Å². The summed E-state index contributed by atoms with van der Waals surface area (Å²) in [5, 5.41) is 9.94. The van der Waals surface area contributed by atoms with Gasteiger partial charge in [0.05, 0.1) is 6.54 Å². The number of aliphatic hydroxyl groups is 1. The number of piperidine rings is 1. The second kappa shape index (κ2) is 8.19. The number of aliphatic hydroxyl groups excluding tert-OH is 1. The molecule has 0 bridgehead atoms. The molecule has 2 rings (SSSR count). The molecule has 2 saturated heterocycles. The molecule has 24 heavy (non-hydrogen) atoms. The van der Waals surface area contributed by atoms with Crippen LogP contribution in [0.2, 0.25) is 0 Å². The first-order chi connectivity index (χ1) is 11.4. The molecule has 0 unspecified atom stereocenters. The van der Waals surface area contributed by atoms with Crippen molar-refractivity contribution >= 4 is 12.0 Å². The third-order valence-electron chi connectivity index (χ3n) is 5.19. The summed E-state index contributed by atoms with van der Waals surface area (Å²) >= 11 is 0. The Hall–Kier alpha value is -1.30. The zero-order valence-electron chi connectivity index (χ0n) is 15.3. The Bertz CT molecular complexity index is 444. The van der Waals surface area contributed by atoms with Crippen LogP contribution in [0.15, 0.2) is 0 Å². The van der Waals surface area contributed by atoms with E-state index in [0.29, 0.717) is 32.5 Å². The van der Waals surface area contributed by atoms with Crippen LogP contribution in [0.3, 0.4) is 0 Å². The van der Waals surface area contributed by atoms with Crippen molar-refractivity contribution in [2.45, 2.75) is 71.0 Å². The number of hydrogen-bond donors (Lipinski definition) is 1. The lowest BCUT2D eigenvalue weighted by Crippen LogP contribution is -2.51. The molecule has 1 atom stereocenters. The van der Waals surface area contributed by atoms with Crippen LogP contribution in [0.4, 0.5) is 4.79 Å². The van der Waals surface area contributed by atoms with Crippen LogP contribution in [0.25, 0.3) is 0 Å². The molecular weight excluding hydrogens is 308 g/mol. The van der Waals surface area contributed by atoms with E-state index in [4.69, 9.17) is 4.74 Å². The lowest BCUT2D eigenvalue weighted by Gasteiger charge is -2.38. The minimum Gasteiger partial charge on any atom is -0.441 e. The van der Waals surface area contributed by atoms with Gasteiger partial charge in [-0.15, -0.1) is 0 Å². The van der Waals surface area contributed by atoms with Gasteiger partial charge in [0, 0.05) is 32.5 Å². The first-order valence-corrected chi connectivity index (χ1v) is 9.33. The maximum atomic E-state index is 12.2. The Labute approximate surface area is 145 Å². The highest BCUT2D eigenvalue weighted by Gasteiger charge is 2.47. The SMILES string of the molecule is CCCCCCN1CC2(CCN(C(=O)[C@H](O)C(C)C)CC2)OC1=O. The van der Waals surface area contributed by atoms with Gasteiger partial charge >= 0.3 is 6.09 Å². The molecule has 0 aromatic heterocycles. The largest absolute Gasteiger partial charge is 0.441 e. The molecule has 0 aliphatic carbocycles. The van der Waals surface area contributed by atoms with Gasteiger partial charge < -0.3 is 19.6 Å². The minimum absolute atomic E-state index is 0.0868. The van der Waals surface area contributed by atoms with Crippen molar-refractivity contribution in [3.05, 3.63) is 0 Å². The number of carbonyl (C=O) groups is 2. The first kappa shape index (κ1) is 19.0. The highest BCUT2D eigenvalue weighted by Crippen LogP contribution is 2.33. The third-order valence-corrected chi connectivity index (χ3v) is 5.19. The van der Waals surface area contributed by atoms with E-state index in [9.17, 15) is 14.7 Å². The fraction of sp³-hybridized carbons (Fsp3) is 0.889. The molecule has 6 heteroatoms. The topological polar surface area (TPSA) is 70.1 Å². The smallest absolute Gasteiger partial charge is 0.410 e. The van der Waals surface area contributed by atoms with Crippen molar-refractivity contribution in [3.63, 3.8) is 0 Å². The molecule has 0 saturated carbocycles. The summed E-state index contributed by atoms with van der Waals surface area (Å²) in [5.41, 5.74) is -0.443. The van der Waals surface area contributed by atoms with Crippen molar-refractivity contribution in [2.24, 2.45) is 5.92 Å². The van der Waals surface area contributed by atoms with Crippen LogP contribution in [-0.2, 0) is 9.53 Å².